The number of halogens is 3. The summed E-state index contributed by atoms with van der Waals surface area (Å²) < 4.78 is 41.7. The second kappa shape index (κ2) is 6.14. The minimum absolute atomic E-state index is 0.0702. The molecule has 0 bridgehead atoms. The van der Waals surface area contributed by atoms with Gasteiger partial charge >= 0.3 is 0 Å². The lowest BCUT2D eigenvalue weighted by Crippen LogP contribution is -2.43. The van der Waals surface area contributed by atoms with Crippen LogP contribution in [0.15, 0.2) is 21.5 Å². The second-order valence-electron chi connectivity index (χ2n) is 6.12. The minimum Gasteiger partial charge on any atom is -0.207 e. The molecule has 2 rings (SSSR count). The van der Waals surface area contributed by atoms with Gasteiger partial charge in [-0.2, -0.15) is 4.31 Å². The molecule has 0 atom stereocenters. The standard InChI is InChI=1S/C14H18BrClFNO2S/c1-14(2)4-3-5-18(9-14)21(19,20)12-7-11(15)6-10(8-16)13(12)17/h6-7H,3-5,8-9H2,1-2H3. The summed E-state index contributed by atoms with van der Waals surface area (Å²) >= 11 is 8.91. The van der Waals surface area contributed by atoms with Crippen LogP contribution in [0.5, 0.6) is 0 Å². The molecule has 0 amide bonds. The SMILES string of the molecule is CC1(C)CCCN(S(=O)(=O)c2cc(Br)cc(CCl)c2F)C1. The number of piperidine rings is 1. The van der Waals surface area contributed by atoms with Gasteiger partial charge in [0.2, 0.25) is 10.0 Å². The van der Waals surface area contributed by atoms with Gasteiger partial charge in [-0.3, -0.25) is 0 Å². The molecule has 1 saturated heterocycles. The molecule has 0 spiro atoms. The van der Waals surface area contributed by atoms with Gasteiger partial charge in [-0.15, -0.1) is 11.6 Å². The Labute approximate surface area is 138 Å². The molecule has 7 heteroatoms. The van der Waals surface area contributed by atoms with E-state index in [1.807, 2.05) is 13.8 Å². The fourth-order valence-corrected chi connectivity index (χ4v) is 5.27. The highest BCUT2D eigenvalue weighted by atomic mass is 79.9. The predicted molar refractivity (Wildman–Crippen MR) is 85.4 cm³/mol. The zero-order valence-electron chi connectivity index (χ0n) is 12.0. The number of benzene rings is 1. The average molecular weight is 399 g/mol. The number of sulfonamides is 1. The van der Waals surface area contributed by atoms with Gasteiger partial charge in [-0.1, -0.05) is 29.8 Å². The third-order valence-electron chi connectivity index (χ3n) is 3.71. The Hall–Kier alpha value is -0.170. The number of hydrogen-bond donors (Lipinski definition) is 0. The van der Waals surface area contributed by atoms with Crippen molar-refractivity contribution in [3.05, 3.63) is 28.0 Å². The fraction of sp³-hybridized carbons (Fsp3) is 0.571. The Balaban J connectivity index is 2.47. The Kier molecular flexibility index (Phi) is 5.03. The molecule has 0 N–H and O–H groups in total. The summed E-state index contributed by atoms with van der Waals surface area (Å²) in [4.78, 5) is -0.301. The van der Waals surface area contributed by atoms with Gasteiger partial charge in [0.25, 0.3) is 0 Å². The van der Waals surface area contributed by atoms with Crippen LogP contribution in [0.25, 0.3) is 0 Å². The molecule has 118 valence electrons. The topological polar surface area (TPSA) is 37.4 Å². The molecule has 0 radical (unpaired) electrons. The maximum Gasteiger partial charge on any atom is 0.246 e. The summed E-state index contributed by atoms with van der Waals surface area (Å²) in [6.07, 6.45) is 1.75. The molecule has 0 unspecified atom stereocenters. The van der Waals surface area contributed by atoms with E-state index in [-0.39, 0.29) is 21.8 Å². The van der Waals surface area contributed by atoms with Crippen LogP contribution in [0.4, 0.5) is 4.39 Å². The van der Waals surface area contributed by atoms with E-state index in [0.717, 1.165) is 12.8 Å². The molecule has 21 heavy (non-hydrogen) atoms. The van der Waals surface area contributed by atoms with Crippen LogP contribution in [-0.2, 0) is 15.9 Å². The Bertz CT molecular complexity index is 649. The van der Waals surface area contributed by atoms with Gasteiger partial charge in [-0.05, 0) is 30.4 Å². The molecule has 1 fully saturated rings. The maximum atomic E-state index is 14.4. The van der Waals surface area contributed by atoms with Crippen LogP contribution in [0.3, 0.4) is 0 Å². The third-order valence-corrected chi connectivity index (χ3v) is 6.30. The summed E-state index contributed by atoms with van der Waals surface area (Å²) in [6, 6.07) is 2.81. The van der Waals surface area contributed by atoms with Crippen LogP contribution in [-0.4, -0.2) is 25.8 Å². The van der Waals surface area contributed by atoms with Crippen LogP contribution >= 0.6 is 27.5 Å². The van der Waals surface area contributed by atoms with E-state index in [1.54, 1.807) is 0 Å². The summed E-state index contributed by atoms with van der Waals surface area (Å²) in [7, 11) is -3.85. The van der Waals surface area contributed by atoms with Gasteiger partial charge < -0.3 is 0 Å². The van der Waals surface area contributed by atoms with Gasteiger partial charge in [-0.25, -0.2) is 12.8 Å². The van der Waals surface area contributed by atoms with Crippen LogP contribution in [0.2, 0.25) is 0 Å². The highest BCUT2D eigenvalue weighted by molar-refractivity contribution is 9.10. The maximum absolute atomic E-state index is 14.4. The van der Waals surface area contributed by atoms with Crippen molar-refractivity contribution in [2.45, 2.75) is 37.5 Å². The molecule has 1 aromatic carbocycles. The first-order chi connectivity index (χ1) is 9.67. The van der Waals surface area contributed by atoms with Crippen molar-refractivity contribution < 1.29 is 12.8 Å². The number of nitrogens with zero attached hydrogens (tertiary/aromatic N) is 1. The molecule has 3 nitrogen and oxygen atoms in total. The molecular weight excluding hydrogens is 381 g/mol. The summed E-state index contributed by atoms with van der Waals surface area (Å²) in [6.45, 7) is 4.87. The Morgan fingerprint density at radius 3 is 2.67 bits per heavy atom. The molecule has 1 aromatic rings. The van der Waals surface area contributed by atoms with Gasteiger partial charge in [0.1, 0.15) is 10.7 Å². The normalized spacial score (nSPS) is 19.7. The van der Waals surface area contributed by atoms with Crippen molar-refractivity contribution in [2.24, 2.45) is 5.41 Å². The smallest absolute Gasteiger partial charge is 0.207 e. The minimum atomic E-state index is -3.85. The van der Waals surface area contributed by atoms with Crippen molar-refractivity contribution in [3.8, 4) is 0 Å². The first kappa shape index (κ1) is 17.2. The number of hydrogen-bond acceptors (Lipinski definition) is 2. The lowest BCUT2D eigenvalue weighted by molar-refractivity contribution is 0.186. The highest BCUT2D eigenvalue weighted by Crippen LogP contribution is 2.34. The predicted octanol–water partition coefficient (Wildman–Crippen LogP) is 4.14. The fourth-order valence-electron chi connectivity index (χ4n) is 2.62. The average Bonchev–Trinajstić information content (AvgIpc) is 2.39. The lowest BCUT2D eigenvalue weighted by atomic mass is 9.85. The molecule has 0 aromatic heterocycles. The van der Waals surface area contributed by atoms with Gasteiger partial charge in [0.15, 0.2) is 0 Å². The van der Waals surface area contributed by atoms with E-state index < -0.39 is 15.8 Å². The van der Waals surface area contributed by atoms with E-state index >= 15 is 0 Å². The van der Waals surface area contributed by atoms with Crippen molar-refractivity contribution >= 4 is 37.6 Å². The Morgan fingerprint density at radius 2 is 2.10 bits per heavy atom. The Morgan fingerprint density at radius 1 is 1.43 bits per heavy atom. The zero-order chi connectivity index (χ0) is 15.8. The third kappa shape index (κ3) is 3.60. The van der Waals surface area contributed by atoms with Crippen LogP contribution < -0.4 is 0 Å². The molecule has 1 aliphatic rings. The van der Waals surface area contributed by atoms with E-state index in [4.69, 9.17) is 11.6 Å². The van der Waals surface area contributed by atoms with Crippen molar-refractivity contribution in [3.63, 3.8) is 0 Å². The summed E-state index contributed by atoms with van der Waals surface area (Å²) in [5, 5.41) is 0. The first-order valence-electron chi connectivity index (χ1n) is 6.71. The molecule has 0 aliphatic carbocycles. The monoisotopic (exact) mass is 397 g/mol. The number of alkyl halides is 1. The van der Waals surface area contributed by atoms with Crippen molar-refractivity contribution in [1.29, 1.82) is 0 Å². The zero-order valence-corrected chi connectivity index (χ0v) is 15.2. The van der Waals surface area contributed by atoms with Gasteiger partial charge in [0, 0.05) is 23.1 Å². The molecular formula is C14H18BrClFNO2S. The number of rotatable bonds is 3. The highest BCUT2D eigenvalue weighted by Gasteiger charge is 2.36. The lowest BCUT2D eigenvalue weighted by Gasteiger charge is -2.37. The molecule has 1 heterocycles. The quantitative estimate of drug-likeness (QED) is 0.718. The summed E-state index contributed by atoms with van der Waals surface area (Å²) in [5.41, 5.74) is 0.0873. The summed E-state index contributed by atoms with van der Waals surface area (Å²) in [5.74, 6) is -0.823. The van der Waals surface area contributed by atoms with Crippen molar-refractivity contribution in [2.75, 3.05) is 13.1 Å². The van der Waals surface area contributed by atoms with E-state index in [0.29, 0.717) is 17.6 Å². The molecule has 1 aliphatic heterocycles. The largest absolute Gasteiger partial charge is 0.246 e. The van der Waals surface area contributed by atoms with Crippen LogP contribution in [0, 0.1) is 11.2 Å². The van der Waals surface area contributed by atoms with E-state index in [9.17, 15) is 12.8 Å². The second-order valence-corrected chi connectivity index (χ2v) is 9.21. The first-order valence-corrected chi connectivity index (χ1v) is 9.48. The van der Waals surface area contributed by atoms with Crippen molar-refractivity contribution in [1.82, 2.24) is 4.31 Å². The van der Waals surface area contributed by atoms with E-state index in [2.05, 4.69) is 15.9 Å². The van der Waals surface area contributed by atoms with Gasteiger partial charge in [0.05, 0.1) is 5.88 Å². The molecule has 0 saturated carbocycles. The van der Waals surface area contributed by atoms with E-state index in [1.165, 1.54) is 16.4 Å². The van der Waals surface area contributed by atoms with Crippen LogP contribution in [0.1, 0.15) is 32.3 Å².